The maximum atomic E-state index is 13.4. The van der Waals surface area contributed by atoms with Crippen LogP contribution in [0.3, 0.4) is 0 Å². The fourth-order valence-corrected chi connectivity index (χ4v) is 2.29. The van der Waals surface area contributed by atoms with Crippen LogP contribution >= 0.6 is 0 Å². The SMILES string of the molecule is CC1CC(NCc2cc(F)cc(/C(N)=N/O)c2)C1. The second-order valence-corrected chi connectivity index (χ2v) is 4.99. The standard InChI is InChI=1S/C13H18FN3O/c1-8-2-12(3-8)16-7-9-4-10(13(15)17-18)6-11(14)5-9/h4-6,8,12,16,18H,2-3,7H2,1H3,(H2,15,17). The van der Waals surface area contributed by atoms with Crippen LogP contribution in [0, 0.1) is 11.7 Å². The van der Waals surface area contributed by atoms with Crippen molar-refractivity contribution in [3.63, 3.8) is 0 Å². The third kappa shape index (κ3) is 2.98. The van der Waals surface area contributed by atoms with Crippen LogP contribution in [0.15, 0.2) is 23.4 Å². The van der Waals surface area contributed by atoms with Gasteiger partial charge in [0.2, 0.25) is 0 Å². The first-order chi connectivity index (χ1) is 8.58. The Morgan fingerprint density at radius 1 is 1.50 bits per heavy atom. The topological polar surface area (TPSA) is 70.6 Å². The highest BCUT2D eigenvalue weighted by Crippen LogP contribution is 2.26. The van der Waals surface area contributed by atoms with Crippen LogP contribution in [0.2, 0.25) is 0 Å². The highest BCUT2D eigenvalue weighted by molar-refractivity contribution is 5.97. The molecule has 0 radical (unpaired) electrons. The summed E-state index contributed by atoms with van der Waals surface area (Å²) in [5, 5.41) is 14.8. The van der Waals surface area contributed by atoms with E-state index in [4.69, 9.17) is 10.9 Å². The van der Waals surface area contributed by atoms with E-state index in [-0.39, 0.29) is 11.7 Å². The van der Waals surface area contributed by atoms with Gasteiger partial charge in [-0.2, -0.15) is 0 Å². The van der Waals surface area contributed by atoms with Crippen LogP contribution < -0.4 is 11.1 Å². The van der Waals surface area contributed by atoms with E-state index >= 15 is 0 Å². The number of benzene rings is 1. The van der Waals surface area contributed by atoms with Gasteiger partial charge >= 0.3 is 0 Å². The Kier molecular flexibility index (Phi) is 3.81. The van der Waals surface area contributed by atoms with Crippen LogP contribution in [0.5, 0.6) is 0 Å². The highest BCUT2D eigenvalue weighted by atomic mass is 19.1. The van der Waals surface area contributed by atoms with Gasteiger partial charge in [-0.15, -0.1) is 0 Å². The van der Waals surface area contributed by atoms with Gasteiger partial charge in [-0.1, -0.05) is 12.1 Å². The first-order valence-corrected chi connectivity index (χ1v) is 6.09. The molecule has 1 saturated carbocycles. The lowest BCUT2D eigenvalue weighted by Gasteiger charge is -2.33. The second kappa shape index (κ2) is 5.35. The Morgan fingerprint density at radius 3 is 2.83 bits per heavy atom. The Bertz CT molecular complexity index is 456. The maximum Gasteiger partial charge on any atom is 0.170 e. The van der Waals surface area contributed by atoms with Gasteiger partial charge in [-0.3, -0.25) is 0 Å². The molecule has 0 unspecified atom stereocenters. The number of hydrogen-bond acceptors (Lipinski definition) is 3. The molecule has 1 aliphatic rings. The van der Waals surface area contributed by atoms with Crippen molar-refractivity contribution in [3.05, 3.63) is 35.1 Å². The van der Waals surface area contributed by atoms with Crippen molar-refractivity contribution in [2.24, 2.45) is 16.8 Å². The molecule has 4 nitrogen and oxygen atoms in total. The highest BCUT2D eigenvalue weighted by Gasteiger charge is 2.24. The van der Waals surface area contributed by atoms with Gasteiger partial charge in [0, 0.05) is 18.2 Å². The van der Waals surface area contributed by atoms with Crippen molar-refractivity contribution in [1.29, 1.82) is 0 Å². The van der Waals surface area contributed by atoms with E-state index in [1.165, 1.54) is 25.0 Å². The summed E-state index contributed by atoms with van der Waals surface area (Å²) in [6, 6.07) is 4.97. The summed E-state index contributed by atoms with van der Waals surface area (Å²) >= 11 is 0. The molecule has 18 heavy (non-hydrogen) atoms. The predicted octanol–water partition coefficient (Wildman–Crippen LogP) is 1.81. The monoisotopic (exact) mass is 251 g/mol. The number of oxime groups is 1. The van der Waals surface area contributed by atoms with E-state index in [1.54, 1.807) is 6.07 Å². The third-order valence-corrected chi connectivity index (χ3v) is 3.33. The van der Waals surface area contributed by atoms with Gasteiger partial charge in [-0.25, -0.2) is 4.39 Å². The summed E-state index contributed by atoms with van der Waals surface area (Å²) in [5.41, 5.74) is 6.66. The molecule has 0 spiro atoms. The smallest absolute Gasteiger partial charge is 0.170 e. The molecule has 0 amide bonds. The molecule has 1 aliphatic carbocycles. The molecule has 0 heterocycles. The lowest BCUT2D eigenvalue weighted by molar-refractivity contribution is 0.240. The molecule has 5 heteroatoms. The van der Waals surface area contributed by atoms with Gasteiger partial charge in [0.15, 0.2) is 5.84 Å². The van der Waals surface area contributed by atoms with Gasteiger partial charge in [-0.05, 0) is 42.5 Å². The number of rotatable bonds is 4. The molecule has 4 N–H and O–H groups in total. The number of nitrogens with zero attached hydrogens (tertiary/aromatic N) is 1. The Labute approximate surface area is 106 Å². The van der Waals surface area contributed by atoms with Gasteiger partial charge < -0.3 is 16.3 Å². The molecule has 0 bridgehead atoms. The molecule has 0 saturated heterocycles. The van der Waals surface area contributed by atoms with Crippen LogP contribution in [-0.2, 0) is 6.54 Å². The van der Waals surface area contributed by atoms with Crippen LogP contribution in [0.1, 0.15) is 30.9 Å². The number of nitrogens with two attached hydrogens (primary N) is 1. The fraction of sp³-hybridized carbons (Fsp3) is 0.462. The number of halogens is 1. The van der Waals surface area contributed by atoms with Crippen molar-refractivity contribution >= 4 is 5.84 Å². The average molecular weight is 251 g/mol. The molecule has 0 aromatic heterocycles. The van der Waals surface area contributed by atoms with Crippen molar-refractivity contribution in [2.75, 3.05) is 0 Å². The lowest BCUT2D eigenvalue weighted by atomic mass is 9.82. The summed E-state index contributed by atoms with van der Waals surface area (Å²) in [5.74, 6) is 0.327. The number of hydrogen-bond donors (Lipinski definition) is 3. The average Bonchev–Trinajstić information content (AvgIpc) is 2.31. The van der Waals surface area contributed by atoms with Crippen LogP contribution in [0.4, 0.5) is 4.39 Å². The second-order valence-electron chi connectivity index (χ2n) is 4.99. The summed E-state index contributed by atoms with van der Waals surface area (Å²) < 4.78 is 13.4. The summed E-state index contributed by atoms with van der Waals surface area (Å²) in [7, 11) is 0. The zero-order chi connectivity index (χ0) is 13.1. The van der Waals surface area contributed by atoms with Crippen molar-refractivity contribution in [3.8, 4) is 0 Å². The van der Waals surface area contributed by atoms with E-state index in [0.29, 0.717) is 18.2 Å². The third-order valence-electron chi connectivity index (χ3n) is 3.33. The van der Waals surface area contributed by atoms with Gasteiger partial charge in [0.05, 0.1) is 0 Å². The summed E-state index contributed by atoms with van der Waals surface area (Å²) in [6.45, 7) is 2.82. The van der Waals surface area contributed by atoms with Crippen molar-refractivity contribution < 1.29 is 9.60 Å². The molecular weight excluding hydrogens is 233 g/mol. The fourth-order valence-electron chi connectivity index (χ4n) is 2.29. The van der Waals surface area contributed by atoms with Crippen LogP contribution in [0.25, 0.3) is 0 Å². The minimum absolute atomic E-state index is 0.0759. The Morgan fingerprint density at radius 2 is 2.22 bits per heavy atom. The molecular formula is C13H18FN3O. The zero-order valence-corrected chi connectivity index (χ0v) is 10.4. The number of amidine groups is 1. The van der Waals surface area contributed by atoms with E-state index < -0.39 is 0 Å². The first kappa shape index (κ1) is 12.8. The summed E-state index contributed by atoms with van der Waals surface area (Å²) in [4.78, 5) is 0. The molecule has 2 rings (SSSR count). The molecule has 0 atom stereocenters. The minimum Gasteiger partial charge on any atom is -0.409 e. The van der Waals surface area contributed by atoms with Crippen LogP contribution in [-0.4, -0.2) is 17.1 Å². The first-order valence-electron chi connectivity index (χ1n) is 6.09. The quantitative estimate of drug-likeness (QED) is 0.331. The summed E-state index contributed by atoms with van der Waals surface area (Å²) in [6.07, 6.45) is 2.34. The molecule has 98 valence electrons. The molecule has 1 aromatic carbocycles. The van der Waals surface area contributed by atoms with E-state index in [0.717, 1.165) is 11.5 Å². The largest absolute Gasteiger partial charge is 0.409 e. The van der Waals surface area contributed by atoms with E-state index in [2.05, 4.69) is 17.4 Å². The normalized spacial score (nSPS) is 23.8. The Balaban J connectivity index is 2.01. The Hall–Kier alpha value is -1.62. The van der Waals surface area contributed by atoms with E-state index in [1.807, 2.05) is 0 Å². The van der Waals surface area contributed by atoms with Gasteiger partial charge in [0.1, 0.15) is 5.82 Å². The maximum absolute atomic E-state index is 13.4. The number of nitrogens with one attached hydrogen (secondary N) is 1. The van der Waals surface area contributed by atoms with Crippen molar-refractivity contribution in [2.45, 2.75) is 32.4 Å². The molecule has 1 aromatic rings. The van der Waals surface area contributed by atoms with E-state index in [9.17, 15) is 4.39 Å². The lowest BCUT2D eigenvalue weighted by Crippen LogP contribution is -2.39. The van der Waals surface area contributed by atoms with Crippen molar-refractivity contribution in [1.82, 2.24) is 5.32 Å². The zero-order valence-electron chi connectivity index (χ0n) is 10.4. The minimum atomic E-state index is -0.377. The molecule has 1 fully saturated rings. The predicted molar refractivity (Wildman–Crippen MR) is 67.9 cm³/mol. The molecule has 0 aliphatic heterocycles. The van der Waals surface area contributed by atoms with Gasteiger partial charge in [0.25, 0.3) is 0 Å².